The second-order valence-electron chi connectivity index (χ2n) is 8.54. The largest absolute Gasteiger partial charge is 0.465 e. The highest BCUT2D eigenvalue weighted by molar-refractivity contribution is 6.05. The summed E-state index contributed by atoms with van der Waals surface area (Å²) in [6.07, 6.45) is 3.14. The number of hydrogen-bond acceptors (Lipinski definition) is 4. The van der Waals surface area contributed by atoms with E-state index in [1.165, 1.54) is 12.1 Å². The van der Waals surface area contributed by atoms with Crippen LogP contribution < -0.4 is 0 Å². The van der Waals surface area contributed by atoms with E-state index in [-0.39, 0.29) is 24.1 Å². The highest BCUT2D eigenvalue weighted by Crippen LogP contribution is 2.42. The summed E-state index contributed by atoms with van der Waals surface area (Å²) in [5.74, 6) is -4.01. The molecule has 1 fully saturated rings. The van der Waals surface area contributed by atoms with Crippen molar-refractivity contribution in [2.75, 3.05) is 6.61 Å². The molecule has 3 rings (SSSR count). The molecule has 0 aromatic heterocycles. The van der Waals surface area contributed by atoms with E-state index >= 15 is 0 Å². The third-order valence-electron chi connectivity index (χ3n) is 6.20. The number of Topliss-reactive ketones (excluding diaryl/α,β-unsaturated/α-hetero) is 2. The number of esters is 1. The summed E-state index contributed by atoms with van der Waals surface area (Å²) in [6, 6.07) is 13.2. The van der Waals surface area contributed by atoms with Gasteiger partial charge in [-0.1, -0.05) is 56.7 Å². The molecule has 5 heteroatoms. The van der Waals surface area contributed by atoms with Crippen molar-refractivity contribution in [3.63, 3.8) is 0 Å². The van der Waals surface area contributed by atoms with E-state index in [2.05, 4.69) is 6.92 Å². The number of aryl methyl sites for hydroxylation is 1. The standard InChI is InChI=1S/C27H31FO4/c1-4-8-18-9-6-7-10-22(18)25(29)17(3)23(19-13-15-21(28)16-14-19)24(27(31)32-5-2)26(30)20-11-12-20/h6-7,9-10,13-17,20,23-24H,4-5,8,11-12H2,1-3H3. The number of ether oxygens (including phenoxy) is 1. The van der Waals surface area contributed by atoms with Crippen LogP contribution in [0.1, 0.15) is 67.4 Å². The third kappa shape index (κ3) is 5.32. The highest BCUT2D eigenvalue weighted by atomic mass is 19.1. The van der Waals surface area contributed by atoms with Gasteiger partial charge < -0.3 is 4.74 Å². The van der Waals surface area contributed by atoms with Crippen LogP contribution in [0.25, 0.3) is 0 Å². The quantitative estimate of drug-likeness (QED) is 0.263. The summed E-state index contributed by atoms with van der Waals surface area (Å²) in [6.45, 7) is 5.65. The molecule has 2 aromatic carbocycles. The summed E-state index contributed by atoms with van der Waals surface area (Å²) in [4.78, 5) is 39.9. The maximum Gasteiger partial charge on any atom is 0.317 e. The smallest absolute Gasteiger partial charge is 0.317 e. The molecule has 0 spiro atoms. The van der Waals surface area contributed by atoms with Gasteiger partial charge in [-0.15, -0.1) is 0 Å². The fraction of sp³-hybridized carbons (Fsp3) is 0.444. The van der Waals surface area contributed by atoms with E-state index < -0.39 is 29.5 Å². The SMILES string of the molecule is CCCc1ccccc1C(=O)C(C)C(c1ccc(F)cc1)C(C(=O)OCC)C(=O)C1CC1. The normalized spacial score (nSPS) is 16.1. The van der Waals surface area contributed by atoms with Crippen molar-refractivity contribution in [3.05, 3.63) is 71.0 Å². The molecule has 2 aromatic rings. The Morgan fingerprint density at radius 2 is 1.69 bits per heavy atom. The lowest BCUT2D eigenvalue weighted by Crippen LogP contribution is -2.38. The number of halogens is 1. The van der Waals surface area contributed by atoms with E-state index in [0.29, 0.717) is 11.1 Å². The van der Waals surface area contributed by atoms with Gasteiger partial charge in [0.2, 0.25) is 0 Å². The van der Waals surface area contributed by atoms with Crippen LogP contribution in [-0.2, 0) is 20.7 Å². The van der Waals surface area contributed by atoms with Crippen LogP contribution in [0.5, 0.6) is 0 Å². The molecule has 0 radical (unpaired) electrons. The van der Waals surface area contributed by atoms with E-state index in [4.69, 9.17) is 4.74 Å². The van der Waals surface area contributed by atoms with Crippen LogP contribution in [0.3, 0.4) is 0 Å². The van der Waals surface area contributed by atoms with Crippen molar-refractivity contribution >= 4 is 17.5 Å². The van der Waals surface area contributed by atoms with Crippen LogP contribution in [0.4, 0.5) is 4.39 Å². The van der Waals surface area contributed by atoms with E-state index in [1.807, 2.05) is 18.2 Å². The average Bonchev–Trinajstić information content (AvgIpc) is 3.63. The summed E-state index contributed by atoms with van der Waals surface area (Å²) < 4.78 is 18.9. The number of ketones is 2. The van der Waals surface area contributed by atoms with E-state index in [1.54, 1.807) is 32.0 Å². The Hall–Kier alpha value is -2.82. The molecular weight excluding hydrogens is 407 g/mol. The molecule has 0 heterocycles. The van der Waals surface area contributed by atoms with Gasteiger partial charge in [-0.05, 0) is 49.4 Å². The first kappa shape index (κ1) is 23.8. The molecule has 32 heavy (non-hydrogen) atoms. The molecule has 0 bridgehead atoms. The van der Waals surface area contributed by atoms with Gasteiger partial charge in [-0.3, -0.25) is 14.4 Å². The zero-order valence-electron chi connectivity index (χ0n) is 19.0. The lowest BCUT2D eigenvalue weighted by molar-refractivity contribution is -0.153. The lowest BCUT2D eigenvalue weighted by Gasteiger charge is -2.30. The number of hydrogen-bond donors (Lipinski definition) is 0. The van der Waals surface area contributed by atoms with E-state index in [9.17, 15) is 18.8 Å². The number of benzene rings is 2. The Labute approximate surface area is 189 Å². The molecule has 0 N–H and O–H groups in total. The van der Waals surface area contributed by atoms with Crippen molar-refractivity contribution in [2.45, 2.75) is 52.4 Å². The molecule has 4 nitrogen and oxygen atoms in total. The fourth-order valence-corrected chi connectivity index (χ4v) is 4.40. The zero-order valence-corrected chi connectivity index (χ0v) is 19.0. The Kier molecular flexibility index (Phi) is 7.94. The van der Waals surface area contributed by atoms with Crippen LogP contribution in [0.15, 0.2) is 48.5 Å². The van der Waals surface area contributed by atoms with Crippen LogP contribution in [0.2, 0.25) is 0 Å². The summed E-state index contributed by atoms with van der Waals surface area (Å²) >= 11 is 0. The van der Waals surface area contributed by atoms with Crippen molar-refractivity contribution in [1.82, 2.24) is 0 Å². The Morgan fingerprint density at radius 1 is 1.03 bits per heavy atom. The Balaban J connectivity index is 2.07. The first-order valence-electron chi connectivity index (χ1n) is 11.5. The van der Waals surface area contributed by atoms with Crippen molar-refractivity contribution in [3.8, 4) is 0 Å². The second kappa shape index (κ2) is 10.7. The van der Waals surface area contributed by atoms with Crippen LogP contribution in [0, 0.1) is 23.6 Å². The molecule has 0 saturated heterocycles. The lowest BCUT2D eigenvalue weighted by atomic mass is 9.72. The van der Waals surface area contributed by atoms with Gasteiger partial charge >= 0.3 is 5.97 Å². The predicted molar refractivity (Wildman–Crippen MR) is 121 cm³/mol. The predicted octanol–water partition coefficient (Wildman–Crippen LogP) is 5.54. The highest BCUT2D eigenvalue weighted by Gasteiger charge is 2.47. The number of carbonyl (C=O) groups is 3. The molecule has 1 saturated carbocycles. The maximum absolute atomic E-state index is 13.7. The molecule has 170 valence electrons. The third-order valence-corrected chi connectivity index (χ3v) is 6.20. The van der Waals surface area contributed by atoms with Gasteiger partial charge in [0.15, 0.2) is 11.6 Å². The van der Waals surface area contributed by atoms with Crippen LogP contribution >= 0.6 is 0 Å². The van der Waals surface area contributed by atoms with Gasteiger partial charge in [0.05, 0.1) is 6.61 Å². The first-order valence-corrected chi connectivity index (χ1v) is 11.5. The zero-order chi connectivity index (χ0) is 23.3. The molecular formula is C27H31FO4. The van der Waals surface area contributed by atoms with Gasteiger partial charge in [0.25, 0.3) is 0 Å². The minimum Gasteiger partial charge on any atom is -0.465 e. The van der Waals surface area contributed by atoms with Gasteiger partial charge in [-0.25, -0.2) is 4.39 Å². The van der Waals surface area contributed by atoms with Crippen molar-refractivity contribution in [2.24, 2.45) is 17.8 Å². The molecule has 0 amide bonds. The van der Waals surface area contributed by atoms with Gasteiger partial charge in [0, 0.05) is 23.3 Å². The Bertz CT molecular complexity index is 962. The average molecular weight is 439 g/mol. The minimum absolute atomic E-state index is 0.124. The summed E-state index contributed by atoms with van der Waals surface area (Å²) in [7, 11) is 0. The van der Waals surface area contributed by atoms with E-state index in [0.717, 1.165) is 31.2 Å². The minimum atomic E-state index is -1.09. The van der Waals surface area contributed by atoms with Crippen LogP contribution in [-0.4, -0.2) is 24.1 Å². The maximum atomic E-state index is 13.7. The number of carbonyl (C=O) groups excluding carboxylic acids is 3. The summed E-state index contributed by atoms with van der Waals surface area (Å²) in [5, 5.41) is 0. The van der Waals surface area contributed by atoms with Gasteiger partial charge in [-0.2, -0.15) is 0 Å². The Morgan fingerprint density at radius 3 is 2.28 bits per heavy atom. The molecule has 3 unspecified atom stereocenters. The summed E-state index contributed by atoms with van der Waals surface area (Å²) in [5.41, 5.74) is 2.15. The number of rotatable bonds is 11. The molecule has 3 atom stereocenters. The van der Waals surface area contributed by atoms with Gasteiger partial charge in [0.1, 0.15) is 11.7 Å². The monoisotopic (exact) mass is 438 g/mol. The molecule has 1 aliphatic carbocycles. The van der Waals surface area contributed by atoms with Crippen molar-refractivity contribution in [1.29, 1.82) is 0 Å². The topological polar surface area (TPSA) is 60.4 Å². The van der Waals surface area contributed by atoms with Crippen molar-refractivity contribution < 1.29 is 23.5 Å². The first-order chi connectivity index (χ1) is 15.4. The second-order valence-corrected chi connectivity index (χ2v) is 8.54. The molecule has 1 aliphatic rings. The molecule has 0 aliphatic heterocycles. The fourth-order valence-electron chi connectivity index (χ4n) is 4.40.